The van der Waals surface area contributed by atoms with E-state index in [-0.39, 0.29) is 0 Å². The minimum Gasteiger partial charge on any atom is -0.381 e. The Morgan fingerprint density at radius 2 is 2.50 bits per heavy atom. The van der Waals surface area contributed by atoms with Crippen LogP contribution in [0.25, 0.3) is 0 Å². The molecule has 76 valence electrons. The quantitative estimate of drug-likeness (QED) is 0.762. The maximum absolute atomic E-state index is 5.42. The fourth-order valence-electron chi connectivity index (χ4n) is 1.63. The molecular weight excluding hydrogens is 244 g/mol. The molecule has 2 heterocycles. The average molecular weight is 257 g/mol. The van der Waals surface area contributed by atoms with Gasteiger partial charge in [0.15, 0.2) is 0 Å². The van der Waals surface area contributed by atoms with Gasteiger partial charge in [-0.05, 0) is 18.9 Å². The van der Waals surface area contributed by atoms with Crippen LogP contribution in [0.2, 0.25) is 0 Å². The first-order valence-corrected chi connectivity index (χ1v) is 5.98. The minimum absolute atomic E-state index is 0.391. The van der Waals surface area contributed by atoms with Gasteiger partial charge in [-0.1, -0.05) is 15.9 Å². The number of rotatable bonds is 2. The van der Waals surface area contributed by atoms with Gasteiger partial charge in [0.25, 0.3) is 0 Å². The lowest BCUT2D eigenvalue weighted by atomic mass is 10.0. The second kappa shape index (κ2) is 4.84. The predicted octanol–water partition coefficient (Wildman–Crippen LogP) is 2.27. The van der Waals surface area contributed by atoms with Crippen LogP contribution in [0.5, 0.6) is 0 Å². The summed E-state index contributed by atoms with van der Waals surface area (Å²) in [6.07, 6.45) is 4.09. The van der Waals surface area contributed by atoms with Crippen LogP contribution in [0, 0.1) is 0 Å². The lowest BCUT2D eigenvalue weighted by Gasteiger charge is -2.20. The summed E-state index contributed by atoms with van der Waals surface area (Å²) in [5.41, 5.74) is 1.04. The lowest BCUT2D eigenvalue weighted by Crippen LogP contribution is -2.18. The first kappa shape index (κ1) is 10.1. The summed E-state index contributed by atoms with van der Waals surface area (Å²) in [5, 5.41) is 0.788. The van der Waals surface area contributed by atoms with Crippen molar-refractivity contribution in [2.75, 3.05) is 13.2 Å². The molecule has 1 saturated heterocycles. The van der Waals surface area contributed by atoms with Gasteiger partial charge in [-0.3, -0.25) is 0 Å². The fourth-order valence-corrected chi connectivity index (χ4v) is 1.94. The number of hydrogen-bond acceptors (Lipinski definition) is 3. The number of halogens is 1. The SMILES string of the molecule is BrCc1ccnc(C2CCCOC2)n1. The lowest BCUT2D eigenvalue weighted by molar-refractivity contribution is 0.0780. The van der Waals surface area contributed by atoms with Crippen molar-refractivity contribution in [3.63, 3.8) is 0 Å². The van der Waals surface area contributed by atoms with Crippen LogP contribution in [0.3, 0.4) is 0 Å². The zero-order chi connectivity index (χ0) is 9.80. The Kier molecular flexibility index (Phi) is 3.48. The Hall–Kier alpha value is -0.480. The third-order valence-electron chi connectivity index (χ3n) is 2.39. The molecule has 0 bridgehead atoms. The Labute approximate surface area is 92.0 Å². The molecule has 0 N–H and O–H groups in total. The van der Waals surface area contributed by atoms with Crippen molar-refractivity contribution >= 4 is 15.9 Å². The van der Waals surface area contributed by atoms with Crippen LogP contribution in [0.1, 0.15) is 30.3 Å². The van der Waals surface area contributed by atoms with E-state index in [1.54, 1.807) is 0 Å². The Balaban J connectivity index is 2.13. The molecule has 0 amide bonds. The van der Waals surface area contributed by atoms with Crippen LogP contribution in [0.4, 0.5) is 0 Å². The predicted molar refractivity (Wildman–Crippen MR) is 57.5 cm³/mol. The molecule has 4 heteroatoms. The van der Waals surface area contributed by atoms with Crippen molar-refractivity contribution in [2.45, 2.75) is 24.1 Å². The normalized spacial score (nSPS) is 22.2. The van der Waals surface area contributed by atoms with Gasteiger partial charge in [-0.15, -0.1) is 0 Å². The molecule has 0 saturated carbocycles. The highest BCUT2D eigenvalue weighted by Gasteiger charge is 2.18. The van der Waals surface area contributed by atoms with E-state index in [4.69, 9.17) is 4.74 Å². The summed E-state index contributed by atoms with van der Waals surface area (Å²) in [5.74, 6) is 1.32. The fraction of sp³-hybridized carbons (Fsp3) is 0.600. The second-order valence-electron chi connectivity index (χ2n) is 3.45. The first-order valence-electron chi connectivity index (χ1n) is 4.85. The van der Waals surface area contributed by atoms with E-state index < -0.39 is 0 Å². The van der Waals surface area contributed by atoms with E-state index >= 15 is 0 Å². The number of nitrogens with zero attached hydrogens (tertiary/aromatic N) is 2. The highest BCUT2D eigenvalue weighted by molar-refractivity contribution is 9.08. The Morgan fingerprint density at radius 1 is 1.57 bits per heavy atom. The Bertz CT molecular complexity index is 300. The van der Waals surface area contributed by atoms with Crippen molar-refractivity contribution in [2.24, 2.45) is 0 Å². The standard InChI is InChI=1S/C10H13BrN2O/c11-6-9-3-4-12-10(13-9)8-2-1-5-14-7-8/h3-4,8H,1-2,5-7H2. The molecule has 1 aliphatic heterocycles. The third-order valence-corrected chi connectivity index (χ3v) is 2.97. The van der Waals surface area contributed by atoms with Crippen molar-refractivity contribution < 1.29 is 4.74 Å². The van der Waals surface area contributed by atoms with Crippen LogP contribution in [-0.2, 0) is 10.1 Å². The molecule has 1 aromatic rings. The van der Waals surface area contributed by atoms with Gasteiger partial charge in [0.2, 0.25) is 0 Å². The van der Waals surface area contributed by atoms with Gasteiger partial charge in [0.1, 0.15) is 5.82 Å². The summed E-state index contributed by atoms with van der Waals surface area (Å²) in [7, 11) is 0. The summed E-state index contributed by atoms with van der Waals surface area (Å²) in [4.78, 5) is 8.78. The molecule has 1 atom stereocenters. The monoisotopic (exact) mass is 256 g/mol. The van der Waals surface area contributed by atoms with E-state index in [1.165, 1.54) is 0 Å². The largest absolute Gasteiger partial charge is 0.381 e. The van der Waals surface area contributed by atoms with Gasteiger partial charge in [0.05, 0.1) is 12.3 Å². The van der Waals surface area contributed by atoms with Crippen molar-refractivity contribution in [3.8, 4) is 0 Å². The second-order valence-corrected chi connectivity index (χ2v) is 4.01. The molecule has 1 aliphatic rings. The Morgan fingerprint density at radius 3 is 3.21 bits per heavy atom. The highest BCUT2D eigenvalue weighted by atomic mass is 79.9. The molecule has 0 aromatic carbocycles. The van der Waals surface area contributed by atoms with Crippen molar-refractivity contribution in [3.05, 3.63) is 23.8 Å². The number of alkyl halides is 1. The van der Waals surface area contributed by atoms with Gasteiger partial charge in [-0.25, -0.2) is 9.97 Å². The van der Waals surface area contributed by atoms with Crippen molar-refractivity contribution in [1.29, 1.82) is 0 Å². The van der Waals surface area contributed by atoms with E-state index in [0.717, 1.165) is 42.9 Å². The molecule has 1 fully saturated rings. The van der Waals surface area contributed by atoms with Crippen LogP contribution in [0.15, 0.2) is 12.3 Å². The van der Waals surface area contributed by atoms with Crippen LogP contribution in [-0.4, -0.2) is 23.2 Å². The maximum Gasteiger partial charge on any atom is 0.133 e. The van der Waals surface area contributed by atoms with Gasteiger partial charge >= 0.3 is 0 Å². The minimum atomic E-state index is 0.391. The van der Waals surface area contributed by atoms with E-state index in [1.807, 2.05) is 12.3 Å². The van der Waals surface area contributed by atoms with E-state index in [0.29, 0.717) is 5.92 Å². The summed E-state index contributed by atoms with van der Waals surface area (Å²) in [6, 6.07) is 1.93. The van der Waals surface area contributed by atoms with Gasteiger partial charge < -0.3 is 4.74 Å². The maximum atomic E-state index is 5.42. The number of hydrogen-bond donors (Lipinski definition) is 0. The molecule has 0 radical (unpaired) electrons. The number of ether oxygens (including phenoxy) is 1. The van der Waals surface area contributed by atoms with Crippen molar-refractivity contribution in [1.82, 2.24) is 9.97 Å². The number of aromatic nitrogens is 2. The smallest absolute Gasteiger partial charge is 0.133 e. The molecule has 1 aromatic heterocycles. The van der Waals surface area contributed by atoms with Crippen LogP contribution < -0.4 is 0 Å². The molecule has 0 spiro atoms. The summed E-state index contributed by atoms with van der Waals surface area (Å²) < 4.78 is 5.42. The topological polar surface area (TPSA) is 35.0 Å². The molecule has 0 aliphatic carbocycles. The summed E-state index contributed by atoms with van der Waals surface area (Å²) >= 11 is 3.39. The molecule has 1 unspecified atom stereocenters. The van der Waals surface area contributed by atoms with Gasteiger partial charge in [0, 0.05) is 24.1 Å². The first-order chi connectivity index (χ1) is 6.90. The molecule has 2 rings (SSSR count). The summed E-state index contributed by atoms with van der Waals surface area (Å²) in [6.45, 7) is 1.65. The van der Waals surface area contributed by atoms with E-state index in [2.05, 4.69) is 25.9 Å². The van der Waals surface area contributed by atoms with Gasteiger partial charge in [-0.2, -0.15) is 0 Å². The zero-order valence-corrected chi connectivity index (χ0v) is 9.53. The molecule has 14 heavy (non-hydrogen) atoms. The molecular formula is C10H13BrN2O. The third kappa shape index (κ3) is 2.30. The average Bonchev–Trinajstić information content (AvgIpc) is 2.30. The van der Waals surface area contributed by atoms with Crippen LogP contribution >= 0.6 is 15.9 Å². The zero-order valence-electron chi connectivity index (χ0n) is 7.95. The molecule has 3 nitrogen and oxygen atoms in total. The highest BCUT2D eigenvalue weighted by Crippen LogP contribution is 2.22. The van der Waals surface area contributed by atoms with E-state index in [9.17, 15) is 0 Å².